The van der Waals surface area contributed by atoms with Crippen LogP contribution in [0.2, 0.25) is 0 Å². The van der Waals surface area contributed by atoms with Gasteiger partial charge >= 0.3 is 0 Å². The maximum atomic E-state index is 11.1. The molecular weight excluding hydrogens is 218 g/mol. The molecule has 1 heterocycles. The lowest BCUT2D eigenvalue weighted by molar-refractivity contribution is 0.193. The molecule has 1 aromatic rings. The molecule has 17 heavy (non-hydrogen) atoms. The molecule has 5 heteroatoms. The third-order valence-electron chi connectivity index (χ3n) is 3.26. The largest absolute Gasteiger partial charge is 0.476 e. The number of rotatable bonds is 3. The molecule has 0 radical (unpaired) electrons. The maximum absolute atomic E-state index is 11.1. The molecule has 0 spiro atoms. The van der Waals surface area contributed by atoms with Crippen molar-refractivity contribution in [2.75, 3.05) is 6.61 Å². The number of aromatic nitrogens is 2. The zero-order valence-electron chi connectivity index (χ0n) is 9.95. The summed E-state index contributed by atoms with van der Waals surface area (Å²) in [6.45, 7) is 0.434. The molecule has 3 N–H and O–H groups in total. The van der Waals surface area contributed by atoms with E-state index >= 15 is 0 Å². The van der Waals surface area contributed by atoms with Crippen molar-refractivity contribution in [1.29, 1.82) is 0 Å². The van der Waals surface area contributed by atoms with Gasteiger partial charge in [-0.15, -0.1) is 0 Å². The summed E-state index contributed by atoms with van der Waals surface area (Å²) in [4.78, 5) is 17.5. The van der Waals surface area contributed by atoms with Gasteiger partial charge in [-0.2, -0.15) is 0 Å². The number of hydrogen-bond donors (Lipinski definition) is 2. The number of nitrogens with one attached hydrogen (secondary N) is 1. The van der Waals surface area contributed by atoms with Crippen molar-refractivity contribution in [3.8, 4) is 5.88 Å². The van der Waals surface area contributed by atoms with Crippen LogP contribution in [0.3, 0.4) is 0 Å². The number of aromatic amines is 1. The Labute approximate surface area is 100 Å². The van der Waals surface area contributed by atoms with Gasteiger partial charge in [0.05, 0.1) is 17.9 Å². The molecule has 1 saturated carbocycles. The van der Waals surface area contributed by atoms with Crippen molar-refractivity contribution in [1.82, 2.24) is 9.97 Å². The third kappa shape index (κ3) is 3.56. The molecule has 94 valence electrons. The first kappa shape index (κ1) is 12.1. The minimum atomic E-state index is -0.263. The summed E-state index contributed by atoms with van der Waals surface area (Å²) in [6.07, 6.45) is 8.12. The Bertz CT molecular complexity index is 408. The Balaban J connectivity index is 1.94. The third-order valence-corrected chi connectivity index (χ3v) is 3.26. The zero-order chi connectivity index (χ0) is 12.1. The van der Waals surface area contributed by atoms with Crippen molar-refractivity contribution in [2.45, 2.75) is 44.1 Å². The monoisotopic (exact) mass is 237 g/mol. The van der Waals surface area contributed by atoms with E-state index in [2.05, 4.69) is 9.97 Å². The smallest absolute Gasteiger partial charge is 0.254 e. The number of hydrogen-bond acceptors (Lipinski definition) is 4. The van der Waals surface area contributed by atoms with Gasteiger partial charge in [-0.25, -0.2) is 4.98 Å². The van der Waals surface area contributed by atoms with E-state index < -0.39 is 0 Å². The highest BCUT2D eigenvalue weighted by atomic mass is 16.5. The van der Waals surface area contributed by atoms with Crippen LogP contribution in [0.4, 0.5) is 0 Å². The number of ether oxygens (including phenoxy) is 1. The minimum absolute atomic E-state index is 0.207. The SMILES string of the molecule is NC1(COc2cc(=O)[nH]cn2)CCCCCC1. The van der Waals surface area contributed by atoms with Gasteiger partial charge in [0, 0.05) is 0 Å². The molecular formula is C12H19N3O2. The molecule has 0 saturated heterocycles. The van der Waals surface area contributed by atoms with Crippen LogP contribution in [-0.2, 0) is 0 Å². The summed E-state index contributed by atoms with van der Waals surface area (Å²) in [5.41, 5.74) is 5.84. The normalized spacial score (nSPS) is 19.6. The molecule has 2 rings (SSSR count). The van der Waals surface area contributed by atoms with Gasteiger partial charge in [0.1, 0.15) is 6.61 Å². The van der Waals surface area contributed by atoms with E-state index in [4.69, 9.17) is 10.5 Å². The molecule has 1 aliphatic carbocycles. The first-order chi connectivity index (χ1) is 8.18. The Kier molecular flexibility index (Phi) is 3.78. The molecule has 1 aliphatic rings. The van der Waals surface area contributed by atoms with Crippen LogP contribution >= 0.6 is 0 Å². The fraction of sp³-hybridized carbons (Fsp3) is 0.667. The second-order valence-corrected chi connectivity index (χ2v) is 4.81. The molecule has 0 aliphatic heterocycles. The van der Waals surface area contributed by atoms with Gasteiger partial charge in [-0.3, -0.25) is 4.79 Å². The second-order valence-electron chi connectivity index (χ2n) is 4.81. The van der Waals surface area contributed by atoms with Crippen molar-refractivity contribution in [3.63, 3.8) is 0 Å². The van der Waals surface area contributed by atoms with Gasteiger partial charge in [0.15, 0.2) is 0 Å². The number of H-pyrrole nitrogens is 1. The van der Waals surface area contributed by atoms with Gasteiger partial charge in [-0.05, 0) is 12.8 Å². The lowest BCUT2D eigenvalue weighted by Gasteiger charge is -2.27. The maximum Gasteiger partial charge on any atom is 0.254 e. The molecule has 0 bridgehead atoms. The summed E-state index contributed by atoms with van der Waals surface area (Å²) in [5.74, 6) is 0.350. The van der Waals surface area contributed by atoms with Gasteiger partial charge < -0.3 is 15.5 Å². The van der Waals surface area contributed by atoms with Crippen molar-refractivity contribution in [3.05, 3.63) is 22.7 Å². The van der Waals surface area contributed by atoms with E-state index in [1.165, 1.54) is 25.2 Å². The second kappa shape index (κ2) is 5.31. The van der Waals surface area contributed by atoms with Crippen molar-refractivity contribution >= 4 is 0 Å². The molecule has 0 aromatic carbocycles. The number of nitrogens with zero attached hydrogens (tertiary/aromatic N) is 1. The fourth-order valence-electron chi connectivity index (χ4n) is 2.22. The van der Waals surface area contributed by atoms with E-state index in [1.807, 2.05) is 0 Å². The van der Waals surface area contributed by atoms with E-state index in [9.17, 15) is 4.79 Å². The zero-order valence-corrected chi connectivity index (χ0v) is 9.95. The highest BCUT2D eigenvalue weighted by molar-refractivity contribution is 5.05. The molecule has 1 fully saturated rings. The quantitative estimate of drug-likeness (QED) is 0.774. The Morgan fingerprint density at radius 3 is 2.71 bits per heavy atom. The van der Waals surface area contributed by atoms with Crippen LogP contribution in [0.5, 0.6) is 5.88 Å². The first-order valence-electron chi connectivity index (χ1n) is 6.14. The predicted octanol–water partition coefficient (Wildman–Crippen LogP) is 1.20. The average molecular weight is 237 g/mol. The van der Waals surface area contributed by atoms with E-state index in [0.29, 0.717) is 12.5 Å². The first-order valence-corrected chi connectivity index (χ1v) is 6.14. The Morgan fingerprint density at radius 1 is 1.35 bits per heavy atom. The lowest BCUT2D eigenvalue weighted by Crippen LogP contribution is -2.45. The number of nitrogens with two attached hydrogens (primary N) is 1. The molecule has 0 unspecified atom stereocenters. The van der Waals surface area contributed by atoms with Gasteiger partial charge in [0.2, 0.25) is 5.88 Å². The van der Waals surface area contributed by atoms with E-state index in [-0.39, 0.29) is 11.1 Å². The molecule has 0 atom stereocenters. The Hall–Kier alpha value is -1.36. The fourth-order valence-corrected chi connectivity index (χ4v) is 2.22. The van der Waals surface area contributed by atoms with Crippen LogP contribution in [-0.4, -0.2) is 22.1 Å². The summed E-state index contributed by atoms with van der Waals surface area (Å²) in [5, 5.41) is 0. The van der Waals surface area contributed by atoms with Crippen LogP contribution < -0.4 is 16.0 Å². The average Bonchev–Trinajstić information content (AvgIpc) is 2.53. The van der Waals surface area contributed by atoms with Crippen LogP contribution in [0.15, 0.2) is 17.2 Å². The van der Waals surface area contributed by atoms with Crippen molar-refractivity contribution < 1.29 is 4.74 Å². The Morgan fingerprint density at radius 2 is 2.06 bits per heavy atom. The van der Waals surface area contributed by atoms with Crippen LogP contribution in [0.25, 0.3) is 0 Å². The highest BCUT2D eigenvalue weighted by Gasteiger charge is 2.27. The van der Waals surface area contributed by atoms with E-state index in [0.717, 1.165) is 25.7 Å². The summed E-state index contributed by atoms with van der Waals surface area (Å²) < 4.78 is 5.53. The summed E-state index contributed by atoms with van der Waals surface area (Å²) in [7, 11) is 0. The minimum Gasteiger partial charge on any atom is -0.476 e. The molecule has 5 nitrogen and oxygen atoms in total. The van der Waals surface area contributed by atoms with Gasteiger partial charge in [-0.1, -0.05) is 25.7 Å². The molecule has 0 amide bonds. The predicted molar refractivity (Wildman–Crippen MR) is 65.0 cm³/mol. The van der Waals surface area contributed by atoms with Crippen LogP contribution in [0.1, 0.15) is 38.5 Å². The van der Waals surface area contributed by atoms with E-state index in [1.54, 1.807) is 0 Å². The summed E-state index contributed by atoms with van der Waals surface area (Å²) in [6, 6.07) is 1.35. The topological polar surface area (TPSA) is 81.0 Å². The lowest BCUT2D eigenvalue weighted by atomic mass is 9.93. The van der Waals surface area contributed by atoms with Crippen LogP contribution in [0, 0.1) is 0 Å². The summed E-state index contributed by atoms with van der Waals surface area (Å²) >= 11 is 0. The van der Waals surface area contributed by atoms with Gasteiger partial charge in [0.25, 0.3) is 5.56 Å². The highest BCUT2D eigenvalue weighted by Crippen LogP contribution is 2.25. The standard InChI is InChI=1S/C12H19N3O2/c13-12(5-3-1-2-4-6-12)8-17-11-7-10(16)14-9-15-11/h7,9H,1-6,8,13H2,(H,14,15,16). The van der Waals surface area contributed by atoms with Crippen molar-refractivity contribution in [2.24, 2.45) is 5.73 Å². The molecule has 1 aromatic heterocycles.